The fourth-order valence-electron chi connectivity index (χ4n) is 1.61. The van der Waals surface area contributed by atoms with Crippen molar-refractivity contribution in [3.05, 3.63) is 62.3 Å². The van der Waals surface area contributed by atoms with E-state index in [2.05, 4.69) is 37.2 Å². The van der Waals surface area contributed by atoms with E-state index >= 15 is 0 Å². The Bertz CT molecular complexity index is 650. The molecule has 0 spiro atoms. The lowest BCUT2D eigenvalue weighted by molar-refractivity contribution is 0.627. The van der Waals surface area contributed by atoms with Crippen molar-refractivity contribution in [3.63, 3.8) is 0 Å². The predicted octanol–water partition coefficient (Wildman–Crippen LogP) is 4.83. The summed E-state index contributed by atoms with van der Waals surface area (Å²) < 4.78 is 15.0. The van der Waals surface area contributed by atoms with Crippen molar-refractivity contribution in [2.75, 3.05) is 5.32 Å². The number of halogens is 3. The molecule has 0 unspecified atom stereocenters. The molecule has 0 fully saturated rings. The van der Waals surface area contributed by atoms with E-state index in [1.54, 1.807) is 6.07 Å². The van der Waals surface area contributed by atoms with Crippen LogP contribution in [0.1, 0.15) is 11.1 Å². The first-order valence-corrected chi connectivity index (χ1v) is 7.06. The molecule has 0 bridgehead atoms. The van der Waals surface area contributed by atoms with Crippen LogP contribution in [0.5, 0.6) is 0 Å². The SMILES string of the molecule is N#Cc1cc(F)ccc1NCc1ccc(Br)c(Br)c1. The van der Waals surface area contributed by atoms with E-state index in [1.165, 1.54) is 12.1 Å². The monoisotopic (exact) mass is 382 g/mol. The molecular weight excluding hydrogens is 375 g/mol. The van der Waals surface area contributed by atoms with Gasteiger partial charge >= 0.3 is 0 Å². The lowest BCUT2D eigenvalue weighted by Crippen LogP contribution is -2.01. The van der Waals surface area contributed by atoms with Gasteiger partial charge in [0.25, 0.3) is 0 Å². The summed E-state index contributed by atoms with van der Waals surface area (Å²) >= 11 is 6.84. The van der Waals surface area contributed by atoms with E-state index in [0.717, 1.165) is 14.5 Å². The van der Waals surface area contributed by atoms with Crippen LogP contribution >= 0.6 is 31.9 Å². The van der Waals surface area contributed by atoms with Crippen LogP contribution in [0.4, 0.5) is 10.1 Å². The minimum atomic E-state index is -0.409. The first-order valence-electron chi connectivity index (χ1n) is 5.47. The second-order valence-corrected chi connectivity index (χ2v) is 5.61. The van der Waals surface area contributed by atoms with Crippen LogP contribution in [0.25, 0.3) is 0 Å². The summed E-state index contributed by atoms with van der Waals surface area (Å²) in [6.07, 6.45) is 0. The maximum Gasteiger partial charge on any atom is 0.124 e. The molecule has 0 saturated heterocycles. The summed E-state index contributed by atoms with van der Waals surface area (Å²) in [5.74, 6) is -0.409. The maximum atomic E-state index is 13.0. The highest BCUT2D eigenvalue weighted by atomic mass is 79.9. The molecule has 2 rings (SSSR count). The third kappa shape index (κ3) is 3.55. The Balaban J connectivity index is 2.14. The number of rotatable bonds is 3. The average molecular weight is 384 g/mol. The molecule has 1 N–H and O–H groups in total. The van der Waals surface area contributed by atoms with Crippen LogP contribution in [-0.2, 0) is 6.54 Å². The Morgan fingerprint density at radius 2 is 1.89 bits per heavy atom. The molecule has 2 nitrogen and oxygen atoms in total. The van der Waals surface area contributed by atoms with E-state index in [9.17, 15) is 4.39 Å². The summed E-state index contributed by atoms with van der Waals surface area (Å²) in [5.41, 5.74) is 1.99. The number of nitrogens with one attached hydrogen (secondary N) is 1. The highest BCUT2D eigenvalue weighted by molar-refractivity contribution is 9.13. The summed E-state index contributed by atoms with van der Waals surface area (Å²) in [6, 6.07) is 12.0. The van der Waals surface area contributed by atoms with Crippen molar-refractivity contribution in [1.29, 1.82) is 5.26 Å². The van der Waals surface area contributed by atoms with Gasteiger partial charge in [-0.25, -0.2) is 4.39 Å². The number of hydrogen-bond donors (Lipinski definition) is 1. The summed E-state index contributed by atoms with van der Waals surface area (Å²) in [5, 5.41) is 12.1. The van der Waals surface area contributed by atoms with E-state index < -0.39 is 5.82 Å². The minimum Gasteiger partial charge on any atom is -0.380 e. The smallest absolute Gasteiger partial charge is 0.124 e. The summed E-state index contributed by atoms with van der Waals surface area (Å²) in [6.45, 7) is 0.562. The molecule has 0 atom stereocenters. The Morgan fingerprint density at radius 3 is 2.58 bits per heavy atom. The number of nitriles is 1. The van der Waals surface area contributed by atoms with Gasteiger partial charge in [-0.3, -0.25) is 0 Å². The standard InChI is InChI=1S/C14H9Br2FN2/c15-12-3-1-9(5-13(12)16)8-19-14-4-2-11(17)6-10(14)7-18/h1-6,19H,8H2. The van der Waals surface area contributed by atoms with Crippen molar-refractivity contribution in [2.45, 2.75) is 6.54 Å². The first kappa shape index (κ1) is 14.0. The van der Waals surface area contributed by atoms with Gasteiger partial charge in [-0.2, -0.15) is 5.26 Å². The third-order valence-corrected chi connectivity index (χ3v) is 4.45. The van der Waals surface area contributed by atoms with Gasteiger partial charge in [0.15, 0.2) is 0 Å². The van der Waals surface area contributed by atoms with Crippen LogP contribution in [0.2, 0.25) is 0 Å². The van der Waals surface area contributed by atoms with Gasteiger partial charge in [0, 0.05) is 15.5 Å². The van der Waals surface area contributed by atoms with Crippen molar-refractivity contribution in [2.24, 2.45) is 0 Å². The minimum absolute atomic E-state index is 0.302. The Morgan fingerprint density at radius 1 is 1.11 bits per heavy atom. The highest BCUT2D eigenvalue weighted by Gasteiger charge is 2.04. The zero-order valence-corrected chi connectivity index (χ0v) is 12.9. The quantitative estimate of drug-likeness (QED) is 0.823. The molecule has 0 saturated carbocycles. The van der Waals surface area contributed by atoms with Crippen LogP contribution < -0.4 is 5.32 Å². The molecule has 2 aromatic rings. The van der Waals surface area contributed by atoms with Gasteiger partial charge < -0.3 is 5.32 Å². The Labute approximate surface area is 127 Å². The fourth-order valence-corrected chi connectivity index (χ4v) is 2.28. The number of hydrogen-bond acceptors (Lipinski definition) is 2. The number of benzene rings is 2. The molecule has 0 aromatic heterocycles. The number of nitrogens with zero attached hydrogens (tertiary/aromatic N) is 1. The van der Waals surface area contributed by atoms with Crippen molar-refractivity contribution in [1.82, 2.24) is 0 Å². The fraction of sp³-hybridized carbons (Fsp3) is 0.0714. The van der Waals surface area contributed by atoms with Crippen molar-refractivity contribution >= 4 is 37.5 Å². The van der Waals surface area contributed by atoms with Crippen molar-refractivity contribution in [3.8, 4) is 6.07 Å². The topological polar surface area (TPSA) is 35.8 Å². The molecule has 0 heterocycles. The molecule has 0 aliphatic carbocycles. The van der Waals surface area contributed by atoms with Gasteiger partial charge in [0.05, 0.1) is 11.3 Å². The zero-order valence-electron chi connectivity index (χ0n) is 9.75. The highest BCUT2D eigenvalue weighted by Crippen LogP contribution is 2.24. The van der Waals surface area contributed by atoms with Gasteiger partial charge in [-0.05, 0) is 67.8 Å². The van der Waals surface area contributed by atoms with Crippen LogP contribution in [0.3, 0.4) is 0 Å². The molecule has 2 aromatic carbocycles. The van der Waals surface area contributed by atoms with Gasteiger partial charge in [0.2, 0.25) is 0 Å². The number of anilines is 1. The molecule has 0 aliphatic heterocycles. The van der Waals surface area contributed by atoms with Gasteiger partial charge in [-0.1, -0.05) is 6.07 Å². The molecule has 0 radical (unpaired) electrons. The van der Waals surface area contributed by atoms with E-state index in [4.69, 9.17) is 5.26 Å². The zero-order chi connectivity index (χ0) is 13.8. The largest absolute Gasteiger partial charge is 0.380 e. The van der Waals surface area contributed by atoms with E-state index in [0.29, 0.717) is 17.8 Å². The Hall–Kier alpha value is -1.38. The normalized spacial score (nSPS) is 10.0. The lowest BCUT2D eigenvalue weighted by atomic mass is 10.1. The van der Waals surface area contributed by atoms with E-state index in [1.807, 2.05) is 24.3 Å². The van der Waals surface area contributed by atoms with Crippen molar-refractivity contribution < 1.29 is 4.39 Å². The molecule has 0 aliphatic rings. The summed E-state index contributed by atoms with van der Waals surface area (Å²) in [4.78, 5) is 0. The molecule has 96 valence electrons. The van der Waals surface area contributed by atoms with Gasteiger partial charge in [0.1, 0.15) is 11.9 Å². The van der Waals surface area contributed by atoms with Crippen LogP contribution in [0, 0.1) is 17.1 Å². The molecule has 5 heteroatoms. The molecule has 19 heavy (non-hydrogen) atoms. The Kier molecular flexibility index (Phi) is 4.56. The second-order valence-electron chi connectivity index (χ2n) is 3.90. The van der Waals surface area contributed by atoms with Crippen LogP contribution in [0.15, 0.2) is 45.3 Å². The second kappa shape index (κ2) is 6.18. The molecular formula is C14H9Br2FN2. The van der Waals surface area contributed by atoms with Gasteiger partial charge in [-0.15, -0.1) is 0 Å². The average Bonchev–Trinajstić information content (AvgIpc) is 2.41. The summed E-state index contributed by atoms with van der Waals surface area (Å²) in [7, 11) is 0. The predicted molar refractivity (Wildman–Crippen MR) is 80.3 cm³/mol. The molecule has 0 amide bonds. The van der Waals surface area contributed by atoms with Crippen LogP contribution in [-0.4, -0.2) is 0 Å². The lowest BCUT2D eigenvalue weighted by Gasteiger charge is -2.09. The third-order valence-electron chi connectivity index (χ3n) is 2.57. The first-order chi connectivity index (χ1) is 9.10. The van der Waals surface area contributed by atoms with E-state index in [-0.39, 0.29) is 0 Å². The maximum absolute atomic E-state index is 13.0.